The van der Waals surface area contributed by atoms with Crippen molar-refractivity contribution in [2.24, 2.45) is 0 Å². The molecule has 0 heterocycles. The van der Waals surface area contributed by atoms with Gasteiger partial charge in [-0.15, -0.1) is 0 Å². The van der Waals surface area contributed by atoms with Crippen molar-refractivity contribution >= 4 is 21.4 Å². The number of benzene rings is 1. The molecule has 0 radical (unpaired) electrons. The summed E-state index contributed by atoms with van der Waals surface area (Å²) in [5, 5.41) is 8.67. The summed E-state index contributed by atoms with van der Waals surface area (Å²) >= 11 is 0. The SMILES string of the molecule is CCOCCS(=O)(=O)Nc1ccc(C#N)cc1N. The van der Waals surface area contributed by atoms with Gasteiger partial charge >= 0.3 is 0 Å². The fourth-order valence-electron chi connectivity index (χ4n) is 1.26. The second kappa shape index (κ2) is 6.23. The lowest BCUT2D eigenvalue weighted by Gasteiger charge is -2.10. The maximum atomic E-state index is 11.7. The summed E-state index contributed by atoms with van der Waals surface area (Å²) in [5.41, 5.74) is 6.51. The van der Waals surface area contributed by atoms with Gasteiger partial charge in [-0.1, -0.05) is 0 Å². The first-order chi connectivity index (χ1) is 8.48. The summed E-state index contributed by atoms with van der Waals surface area (Å²) in [7, 11) is -3.49. The second-order valence-corrected chi connectivity index (χ2v) is 5.37. The number of sulfonamides is 1. The molecule has 0 fully saturated rings. The predicted octanol–water partition coefficient (Wildman–Crippen LogP) is 0.919. The van der Waals surface area contributed by atoms with Gasteiger partial charge in [0.25, 0.3) is 0 Å². The van der Waals surface area contributed by atoms with Crippen molar-refractivity contribution in [1.82, 2.24) is 0 Å². The van der Waals surface area contributed by atoms with Crippen molar-refractivity contribution < 1.29 is 13.2 Å². The molecule has 0 saturated heterocycles. The minimum absolute atomic E-state index is 0.127. The van der Waals surface area contributed by atoms with E-state index in [9.17, 15) is 8.42 Å². The Morgan fingerprint density at radius 1 is 1.50 bits per heavy atom. The number of hydrogen-bond acceptors (Lipinski definition) is 5. The molecule has 0 aliphatic carbocycles. The smallest absolute Gasteiger partial charge is 0.235 e. The zero-order valence-electron chi connectivity index (χ0n) is 10.0. The highest BCUT2D eigenvalue weighted by molar-refractivity contribution is 7.92. The molecule has 0 amide bonds. The second-order valence-electron chi connectivity index (χ2n) is 3.53. The topological polar surface area (TPSA) is 105 Å². The van der Waals surface area contributed by atoms with Crippen LogP contribution in [0.25, 0.3) is 0 Å². The van der Waals surface area contributed by atoms with E-state index in [1.807, 2.05) is 6.07 Å². The van der Waals surface area contributed by atoms with E-state index in [2.05, 4.69) is 4.72 Å². The molecule has 18 heavy (non-hydrogen) atoms. The molecule has 1 aromatic rings. The lowest BCUT2D eigenvalue weighted by Crippen LogP contribution is -2.20. The quantitative estimate of drug-likeness (QED) is 0.590. The zero-order chi connectivity index (χ0) is 13.6. The summed E-state index contributed by atoms with van der Waals surface area (Å²) in [6.07, 6.45) is 0. The van der Waals surface area contributed by atoms with E-state index >= 15 is 0 Å². The molecule has 0 aromatic heterocycles. The van der Waals surface area contributed by atoms with Crippen LogP contribution in [0.1, 0.15) is 12.5 Å². The summed E-state index contributed by atoms with van der Waals surface area (Å²) in [6, 6.07) is 6.30. The summed E-state index contributed by atoms with van der Waals surface area (Å²) < 4.78 is 30.7. The summed E-state index contributed by atoms with van der Waals surface area (Å²) in [5.74, 6) is -0.139. The fourth-order valence-corrected chi connectivity index (χ4v) is 2.22. The number of anilines is 2. The third-order valence-corrected chi connectivity index (χ3v) is 3.38. The van der Waals surface area contributed by atoms with Gasteiger partial charge in [-0.3, -0.25) is 4.72 Å². The highest BCUT2D eigenvalue weighted by Crippen LogP contribution is 2.20. The van der Waals surface area contributed by atoms with Gasteiger partial charge in [0.2, 0.25) is 10.0 Å². The predicted molar refractivity (Wildman–Crippen MR) is 69.5 cm³/mol. The van der Waals surface area contributed by atoms with Crippen molar-refractivity contribution in [3.8, 4) is 6.07 Å². The highest BCUT2D eigenvalue weighted by atomic mass is 32.2. The van der Waals surface area contributed by atoms with Crippen molar-refractivity contribution in [2.45, 2.75) is 6.92 Å². The zero-order valence-corrected chi connectivity index (χ0v) is 10.8. The first kappa shape index (κ1) is 14.3. The Morgan fingerprint density at radius 3 is 2.78 bits per heavy atom. The van der Waals surface area contributed by atoms with Crippen LogP contribution in [0.3, 0.4) is 0 Å². The Hall–Kier alpha value is -1.78. The van der Waals surface area contributed by atoms with Crippen LogP contribution in [0.15, 0.2) is 18.2 Å². The number of rotatable bonds is 6. The van der Waals surface area contributed by atoms with Crippen molar-refractivity contribution in [2.75, 3.05) is 29.4 Å². The number of nitrogens with zero attached hydrogens (tertiary/aromatic N) is 1. The van der Waals surface area contributed by atoms with Crippen LogP contribution < -0.4 is 10.5 Å². The summed E-state index contributed by atoms with van der Waals surface area (Å²) in [6.45, 7) is 2.38. The van der Waals surface area contributed by atoms with E-state index < -0.39 is 10.0 Å². The maximum Gasteiger partial charge on any atom is 0.235 e. The molecule has 0 saturated carbocycles. The molecule has 0 aliphatic heterocycles. The molecule has 7 heteroatoms. The molecule has 0 aliphatic rings. The number of nitrogen functional groups attached to an aromatic ring is 1. The third-order valence-electron chi connectivity index (χ3n) is 2.15. The van der Waals surface area contributed by atoms with Crippen LogP contribution in [0.2, 0.25) is 0 Å². The van der Waals surface area contributed by atoms with Gasteiger partial charge in [-0.2, -0.15) is 5.26 Å². The lowest BCUT2D eigenvalue weighted by atomic mass is 10.2. The number of nitrogens with one attached hydrogen (secondary N) is 1. The van der Waals surface area contributed by atoms with Gasteiger partial charge in [0.15, 0.2) is 0 Å². The Morgan fingerprint density at radius 2 is 2.22 bits per heavy atom. The van der Waals surface area contributed by atoms with E-state index in [0.29, 0.717) is 12.2 Å². The van der Waals surface area contributed by atoms with Crippen LogP contribution in [0.4, 0.5) is 11.4 Å². The van der Waals surface area contributed by atoms with Crippen molar-refractivity contribution in [1.29, 1.82) is 5.26 Å². The molecular formula is C11H15N3O3S. The van der Waals surface area contributed by atoms with E-state index in [1.165, 1.54) is 18.2 Å². The monoisotopic (exact) mass is 269 g/mol. The molecule has 0 spiro atoms. The molecule has 1 rings (SSSR count). The normalized spacial score (nSPS) is 10.9. The first-order valence-corrected chi connectivity index (χ1v) is 7.01. The first-order valence-electron chi connectivity index (χ1n) is 5.36. The van der Waals surface area contributed by atoms with Crippen LogP contribution in [-0.4, -0.2) is 27.4 Å². The van der Waals surface area contributed by atoms with E-state index in [4.69, 9.17) is 15.7 Å². The van der Waals surface area contributed by atoms with Crippen molar-refractivity contribution in [3.63, 3.8) is 0 Å². The fraction of sp³-hybridized carbons (Fsp3) is 0.364. The molecular weight excluding hydrogens is 254 g/mol. The van der Waals surface area contributed by atoms with E-state index in [0.717, 1.165) is 0 Å². The lowest BCUT2D eigenvalue weighted by molar-refractivity contribution is 0.163. The number of nitriles is 1. The number of nitrogens with two attached hydrogens (primary N) is 1. The average molecular weight is 269 g/mol. The highest BCUT2D eigenvalue weighted by Gasteiger charge is 2.12. The largest absolute Gasteiger partial charge is 0.397 e. The summed E-state index contributed by atoms with van der Waals surface area (Å²) in [4.78, 5) is 0. The standard InChI is InChI=1S/C11H15N3O3S/c1-2-17-5-6-18(15,16)14-11-4-3-9(8-12)7-10(11)13/h3-4,7,14H,2,5-6,13H2,1H3. The molecule has 0 unspecified atom stereocenters. The minimum Gasteiger partial charge on any atom is -0.397 e. The van der Waals surface area contributed by atoms with Gasteiger partial charge < -0.3 is 10.5 Å². The molecule has 98 valence electrons. The number of hydrogen-bond donors (Lipinski definition) is 2. The van der Waals surface area contributed by atoms with Crippen LogP contribution in [0, 0.1) is 11.3 Å². The molecule has 0 bridgehead atoms. The van der Waals surface area contributed by atoms with Gasteiger partial charge in [0, 0.05) is 6.61 Å². The molecule has 0 atom stereocenters. The van der Waals surface area contributed by atoms with E-state index in [1.54, 1.807) is 6.92 Å². The third kappa shape index (κ3) is 4.24. The molecule has 6 nitrogen and oxygen atoms in total. The molecule has 1 aromatic carbocycles. The van der Waals surface area contributed by atoms with Gasteiger partial charge in [0.05, 0.1) is 35.4 Å². The Kier molecular flexibility index (Phi) is 4.95. The Balaban J connectivity index is 2.75. The van der Waals surface area contributed by atoms with Crippen LogP contribution in [0.5, 0.6) is 0 Å². The Bertz CT molecular complexity index is 549. The number of ether oxygens (including phenoxy) is 1. The van der Waals surface area contributed by atoms with Crippen LogP contribution >= 0.6 is 0 Å². The van der Waals surface area contributed by atoms with Crippen LogP contribution in [-0.2, 0) is 14.8 Å². The van der Waals surface area contributed by atoms with Crippen molar-refractivity contribution in [3.05, 3.63) is 23.8 Å². The van der Waals surface area contributed by atoms with E-state index in [-0.39, 0.29) is 23.7 Å². The minimum atomic E-state index is -3.49. The molecule has 3 N–H and O–H groups in total. The average Bonchev–Trinajstić information content (AvgIpc) is 2.31. The van der Waals surface area contributed by atoms with Gasteiger partial charge in [0.1, 0.15) is 0 Å². The maximum absolute atomic E-state index is 11.7. The Labute approximate surface area is 106 Å². The van der Waals surface area contributed by atoms with Gasteiger partial charge in [-0.05, 0) is 25.1 Å². The van der Waals surface area contributed by atoms with Gasteiger partial charge in [-0.25, -0.2) is 8.42 Å².